The SMILES string of the molecule is CC1CCCN(CC(C)NC(=O)c2cccc(S(=O)(=O)N3CC(C)OC(C)C3)c2)C1. The van der Waals surface area contributed by atoms with E-state index in [0.29, 0.717) is 24.6 Å². The maximum absolute atomic E-state index is 13.1. The number of likely N-dealkylation sites (tertiary alicyclic amines) is 1. The number of rotatable bonds is 6. The second-order valence-electron chi connectivity index (χ2n) is 8.99. The lowest BCUT2D eigenvalue weighted by Gasteiger charge is -2.34. The number of morpholine rings is 1. The second-order valence-corrected chi connectivity index (χ2v) is 10.9. The lowest BCUT2D eigenvalue weighted by atomic mass is 10.00. The number of benzene rings is 1. The number of sulfonamides is 1. The van der Waals surface area contributed by atoms with Crippen LogP contribution in [0.2, 0.25) is 0 Å². The Hall–Kier alpha value is -1.48. The van der Waals surface area contributed by atoms with E-state index >= 15 is 0 Å². The Labute approximate surface area is 180 Å². The predicted molar refractivity (Wildman–Crippen MR) is 117 cm³/mol. The highest BCUT2D eigenvalue weighted by Crippen LogP contribution is 2.22. The highest BCUT2D eigenvalue weighted by molar-refractivity contribution is 7.89. The van der Waals surface area contributed by atoms with Crippen molar-refractivity contribution >= 4 is 15.9 Å². The molecule has 0 aromatic heterocycles. The molecule has 1 aromatic rings. The maximum atomic E-state index is 13.1. The predicted octanol–water partition coefficient (Wildman–Crippen LogP) is 2.33. The molecule has 0 spiro atoms. The van der Waals surface area contributed by atoms with Crippen molar-refractivity contribution in [1.29, 1.82) is 0 Å². The van der Waals surface area contributed by atoms with Crippen LogP contribution in [0.4, 0.5) is 0 Å². The molecule has 2 fully saturated rings. The zero-order chi connectivity index (χ0) is 21.9. The van der Waals surface area contributed by atoms with Crippen molar-refractivity contribution in [2.45, 2.75) is 63.7 Å². The summed E-state index contributed by atoms with van der Waals surface area (Å²) in [5.41, 5.74) is 0.365. The Bertz CT molecular complexity index is 835. The molecule has 4 unspecified atom stereocenters. The minimum Gasteiger partial charge on any atom is -0.373 e. The summed E-state index contributed by atoms with van der Waals surface area (Å²) in [6, 6.07) is 6.31. The fraction of sp³-hybridized carbons (Fsp3) is 0.682. The topological polar surface area (TPSA) is 79.0 Å². The van der Waals surface area contributed by atoms with Crippen molar-refractivity contribution in [2.75, 3.05) is 32.7 Å². The quantitative estimate of drug-likeness (QED) is 0.739. The van der Waals surface area contributed by atoms with E-state index in [0.717, 1.165) is 19.6 Å². The minimum atomic E-state index is -3.68. The van der Waals surface area contributed by atoms with Gasteiger partial charge in [0.05, 0.1) is 17.1 Å². The van der Waals surface area contributed by atoms with Crippen molar-refractivity contribution < 1.29 is 17.9 Å². The van der Waals surface area contributed by atoms with Crippen LogP contribution in [0.25, 0.3) is 0 Å². The number of carbonyl (C=O) groups excluding carboxylic acids is 1. The number of hydrogen-bond acceptors (Lipinski definition) is 5. The molecule has 7 nitrogen and oxygen atoms in total. The lowest BCUT2D eigenvalue weighted by Crippen LogP contribution is -2.48. The molecule has 1 aromatic carbocycles. The molecule has 2 aliphatic rings. The van der Waals surface area contributed by atoms with Gasteiger partial charge in [-0.2, -0.15) is 4.31 Å². The van der Waals surface area contributed by atoms with E-state index < -0.39 is 10.0 Å². The van der Waals surface area contributed by atoms with Crippen LogP contribution in [0, 0.1) is 5.92 Å². The first kappa shape index (κ1) is 23.2. The van der Waals surface area contributed by atoms with E-state index in [2.05, 4.69) is 17.1 Å². The molecule has 0 radical (unpaired) electrons. The fourth-order valence-electron chi connectivity index (χ4n) is 4.47. The summed E-state index contributed by atoms with van der Waals surface area (Å²) in [4.78, 5) is 15.3. The van der Waals surface area contributed by atoms with E-state index in [1.54, 1.807) is 18.2 Å². The zero-order valence-electron chi connectivity index (χ0n) is 18.5. The van der Waals surface area contributed by atoms with E-state index in [4.69, 9.17) is 4.74 Å². The second kappa shape index (κ2) is 9.77. The van der Waals surface area contributed by atoms with Crippen LogP contribution in [0.5, 0.6) is 0 Å². The normalized spacial score (nSPS) is 27.5. The molecule has 0 aliphatic carbocycles. The molecule has 2 saturated heterocycles. The molecule has 3 rings (SSSR count). The summed E-state index contributed by atoms with van der Waals surface area (Å²) in [5, 5.41) is 3.02. The molecule has 0 saturated carbocycles. The number of nitrogens with zero attached hydrogens (tertiary/aromatic N) is 2. The molecule has 168 valence electrons. The number of ether oxygens (including phenoxy) is 1. The molecule has 0 bridgehead atoms. The Morgan fingerprint density at radius 3 is 2.57 bits per heavy atom. The summed E-state index contributed by atoms with van der Waals surface area (Å²) in [6.07, 6.45) is 2.14. The third kappa shape index (κ3) is 5.81. The summed E-state index contributed by atoms with van der Waals surface area (Å²) in [7, 11) is -3.68. The van der Waals surface area contributed by atoms with Gasteiger partial charge in [-0.25, -0.2) is 8.42 Å². The largest absolute Gasteiger partial charge is 0.373 e. The number of piperidine rings is 1. The maximum Gasteiger partial charge on any atom is 0.251 e. The third-order valence-corrected chi connectivity index (χ3v) is 7.60. The molecule has 1 amide bonds. The molecule has 8 heteroatoms. The molecular formula is C22H35N3O4S. The van der Waals surface area contributed by atoms with E-state index in [1.807, 2.05) is 20.8 Å². The van der Waals surface area contributed by atoms with Crippen LogP contribution in [0.3, 0.4) is 0 Å². The van der Waals surface area contributed by atoms with Crippen molar-refractivity contribution in [2.24, 2.45) is 5.92 Å². The number of nitrogens with one attached hydrogen (secondary N) is 1. The third-order valence-electron chi connectivity index (χ3n) is 5.77. The van der Waals surface area contributed by atoms with Crippen LogP contribution in [0.15, 0.2) is 29.2 Å². The molecule has 2 aliphatic heterocycles. The molecular weight excluding hydrogens is 402 g/mol. The average molecular weight is 438 g/mol. The van der Waals surface area contributed by atoms with E-state index in [9.17, 15) is 13.2 Å². The highest BCUT2D eigenvalue weighted by Gasteiger charge is 2.32. The van der Waals surface area contributed by atoms with Gasteiger partial charge >= 0.3 is 0 Å². The summed E-state index contributed by atoms with van der Waals surface area (Å²) in [5.74, 6) is 0.447. The van der Waals surface area contributed by atoms with Gasteiger partial charge in [0.1, 0.15) is 0 Å². The van der Waals surface area contributed by atoms with Crippen molar-refractivity contribution in [3.8, 4) is 0 Å². The Morgan fingerprint density at radius 2 is 1.90 bits per heavy atom. The van der Waals surface area contributed by atoms with E-state index in [-0.39, 0.29) is 29.1 Å². The minimum absolute atomic E-state index is 0.0102. The first-order chi connectivity index (χ1) is 14.1. The Kier molecular flexibility index (Phi) is 7.55. The number of amides is 1. The molecule has 4 atom stereocenters. The van der Waals surface area contributed by atoms with Crippen LogP contribution in [-0.2, 0) is 14.8 Å². The van der Waals surface area contributed by atoms with Gasteiger partial charge in [-0.15, -0.1) is 0 Å². The molecule has 30 heavy (non-hydrogen) atoms. The summed E-state index contributed by atoms with van der Waals surface area (Å²) in [6.45, 7) is 11.5. The van der Waals surface area contributed by atoms with Gasteiger partial charge in [0.25, 0.3) is 5.91 Å². The van der Waals surface area contributed by atoms with Crippen molar-refractivity contribution in [3.05, 3.63) is 29.8 Å². The van der Waals surface area contributed by atoms with Gasteiger partial charge < -0.3 is 15.0 Å². The smallest absolute Gasteiger partial charge is 0.251 e. The number of carbonyl (C=O) groups is 1. The standard InChI is InChI=1S/C22H35N3O4S/c1-16-7-6-10-24(12-16)13-17(2)23-22(26)20-8-5-9-21(11-20)30(27,28)25-14-18(3)29-19(4)15-25/h5,8-9,11,16-19H,6-7,10,12-15H2,1-4H3,(H,23,26). The molecule has 2 heterocycles. The monoisotopic (exact) mass is 437 g/mol. The summed E-state index contributed by atoms with van der Waals surface area (Å²) < 4.78 is 33.3. The van der Waals surface area contributed by atoms with Crippen molar-refractivity contribution in [3.63, 3.8) is 0 Å². The zero-order valence-corrected chi connectivity index (χ0v) is 19.3. The van der Waals surface area contributed by atoms with Gasteiger partial charge in [-0.3, -0.25) is 4.79 Å². The van der Waals surface area contributed by atoms with Gasteiger partial charge in [0.15, 0.2) is 0 Å². The first-order valence-corrected chi connectivity index (χ1v) is 12.4. The van der Waals surface area contributed by atoms with E-state index in [1.165, 1.54) is 23.2 Å². The fourth-order valence-corrected chi connectivity index (χ4v) is 6.10. The highest BCUT2D eigenvalue weighted by atomic mass is 32.2. The van der Waals surface area contributed by atoms with Gasteiger partial charge in [-0.05, 0) is 64.3 Å². The number of hydrogen-bond donors (Lipinski definition) is 1. The van der Waals surface area contributed by atoms with Gasteiger partial charge in [0, 0.05) is 37.8 Å². The summed E-state index contributed by atoms with van der Waals surface area (Å²) >= 11 is 0. The van der Waals surface area contributed by atoms with Crippen LogP contribution >= 0.6 is 0 Å². The molecule has 1 N–H and O–H groups in total. The van der Waals surface area contributed by atoms with Crippen LogP contribution in [-0.4, -0.2) is 74.5 Å². The lowest BCUT2D eigenvalue weighted by molar-refractivity contribution is -0.0440. The van der Waals surface area contributed by atoms with Crippen LogP contribution < -0.4 is 5.32 Å². The average Bonchev–Trinajstić information content (AvgIpc) is 2.67. The van der Waals surface area contributed by atoms with Gasteiger partial charge in [0.2, 0.25) is 10.0 Å². The Balaban J connectivity index is 1.66. The van der Waals surface area contributed by atoms with Crippen LogP contribution in [0.1, 0.15) is 50.9 Å². The van der Waals surface area contributed by atoms with Gasteiger partial charge in [-0.1, -0.05) is 13.0 Å². The van der Waals surface area contributed by atoms with Crippen molar-refractivity contribution in [1.82, 2.24) is 14.5 Å². The first-order valence-electron chi connectivity index (χ1n) is 10.9. The Morgan fingerprint density at radius 1 is 1.20 bits per heavy atom.